The van der Waals surface area contributed by atoms with Gasteiger partial charge in [-0.1, -0.05) is 0 Å². The minimum atomic E-state index is -0.0708. The number of benzene rings is 1. The average molecular weight is 350 g/mol. The number of carbonyl (C=O) groups is 1. The topological polar surface area (TPSA) is 82.8 Å². The quantitative estimate of drug-likeness (QED) is 0.678. The number of fused-ring (bicyclic) bond motifs is 4. The highest BCUT2D eigenvalue weighted by Crippen LogP contribution is 2.36. The maximum atomic E-state index is 12.8. The van der Waals surface area contributed by atoms with Crippen molar-refractivity contribution in [1.82, 2.24) is 20.5 Å². The molecule has 0 radical (unpaired) electrons. The Morgan fingerprint density at radius 2 is 2.12 bits per heavy atom. The maximum absolute atomic E-state index is 12.8. The SMILES string of the molecule is COc1ccc2[nH]c3c(c2c1)CCCC3NC(=O)c1n[nH]c2c1CCC2. The Balaban J connectivity index is 1.47. The minimum Gasteiger partial charge on any atom is -0.497 e. The third-order valence-corrected chi connectivity index (χ3v) is 5.74. The van der Waals surface area contributed by atoms with Gasteiger partial charge < -0.3 is 15.0 Å². The van der Waals surface area contributed by atoms with Crippen LogP contribution in [0.5, 0.6) is 5.75 Å². The maximum Gasteiger partial charge on any atom is 0.272 e. The van der Waals surface area contributed by atoms with E-state index >= 15 is 0 Å². The summed E-state index contributed by atoms with van der Waals surface area (Å²) < 4.78 is 5.37. The Kier molecular flexibility index (Phi) is 3.51. The molecule has 3 aromatic rings. The molecule has 1 aromatic carbocycles. The van der Waals surface area contributed by atoms with E-state index in [4.69, 9.17) is 4.74 Å². The van der Waals surface area contributed by atoms with Crippen LogP contribution in [0.2, 0.25) is 0 Å². The van der Waals surface area contributed by atoms with Crippen LogP contribution in [0.3, 0.4) is 0 Å². The Morgan fingerprint density at radius 3 is 3.00 bits per heavy atom. The molecule has 2 aromatic heterocycles. The number of amides is 1. The minimum absolute atomic E-state index is 0.00148. The van der Waals surface area contributed by atoms with Crippen molar-refractivity contribution in [1.29, 1.82) is 0 Å². The van der Waals surface area contributed by atoms with Crippen LogP contribution < -0.4 is 10.1 Å². The van der Waals surface area contributed by atoms with Gasteiger partial charge in [-0.3, -0.25) is 9.89 Å². The fourth-order valence-electron chi connectivity index (χ4n) is 4.45. The molecule has 0 saturated carbocycles. The highest BCUT2D eigenvalue weighted by molar-refractivity contribution is 5.94. The number of aromatic amines is 2. The van der Waals surface area contributed by atoms with E-state index in [0.29, 0.717) is 5.69 Å². The van der Waals surface area contributed by atoms with Crippen LogP contribution >= 0.6 is 0 Å². The van der Waals surface area contributed by atoms with E-state index in [2.05, 4.69) is 26.6 Å². The molecular formula is C20H22N4O2. The molecule has 6 heteroatoms. The van der Waals surface area contributed by atoms with E-state index < -0.39 is 0 Å². The van der Waals surface area contributed by atoms with E-state index in [1.165, 1.54) is 10.9 Å². The number of methoxy groups -OCH3 is 1. The van der Waals surface area contributed by atoms with E-state index in [1.807, 2.05) is 12.1 Å². The number of hydrogen-bond acceptors (Lipinski definition) is 3. The summed E-state index contributed by atoms with van der Waals surface area (Å²) in [6.07, 6.45) is 6.05. The zero-order chi connectivity index (χ0) is 17.7. The predicted octanol–water partition coefficient (Wildman–Crippen LogP) is 3.20. The molecule has 1 amide bonds. The number of carbonyl (C=O) groups excluding carboxylic acids is 1. The van der Waals surface area contributed by atoms with Crippen LogP contribution in [0.15, 0.2) is 18.2 Å². The third kappa shape index (κ3) is 2.32. The van der Waals surface area contributed by atoms with Crippen LogP contribution in [0, 0.1) is 0 Å². The fourth-order valence-corrected chi connectivity index (χ4v) is 4.45. The van der Waals surface area contributed by atoms with Gasteiger partial charge in [0.25, 0.3) is 5.91 Å². The molecule has 0 bridgehead atoms. The van der Waals surface area contributed by atoms with Crippen molar-refractivity contribution in [2.75, 3.05) is 7.11 Å². The van der Waals surface area contributed by atoms with Gasteiger partial charge in [-0.15, -0.1) is 0 Å². The van der Waals surface area contributed by atoms with Gasteiger partial charge in [0, 0.05) is 27.9 Å². The average Bonchev–Trinajstić information content (AvgIpc) is 3.35. The van der Waals surface area contributed by atoms with Crippen molar-refractivity contribution in [3.63, 3.8) is 0 Å². The number of aryl methyl sites for hydroxylation is 2. The number of rotatable bonds is 3. The molecule has 2 aliphatic rings. The van der Waals surface area contributed by atoms with E-state index in [9.17, 15) is 4.79 Å². The van der Waals surface area contributed by atoms with Crippen LogP contribution in [0.4, 0.5) is 0 Å². The number of H-pyrrole nitrogens is 2. The molecule has 6 nitrogen and oxygen atoms in total. The molecule has 2 heterocycles. The standard InChI is InChI=1S/C20H22N4O2/c1-26-11-8-9-15-14(10-11)12-4-2-7-17(18(12)21-15)22-20(25)19-13-5-3-6-16(13)23-24-19/h8-10,17,21H,2-7H2,1H3,(H,22,25)(H,23,24). The smallest absolute Gasteiger partial charge is 0.272 e. The van der Waals surface area contributed by atoms with Crippen molar-refractivity contribution in [3.05, 3.63) is 46.4 Å². The first-order chi connectivity index (χ1) is 12.7. The van der Waals surface area contributed by atoms with E-state index in [1.54, 1.807) is 7.11 Å². The summed E-state index contributed by atoms with van der Waals surface area (Å²) in [5, 5.41) is 11.7. The zero-order valence-corrected chi connectivity index (χ0v) is 14.8. The van der Waals surface area contributed by atoms with Crippen molar-refractivity contribution < 1.29 is 9.53 Å². The summed E-state index contributed by atoms with van der Waals surface area (Å²) in [4.78, 5) is 16.4. The molecule has 0 spiro atoms. The normalized spacial score (nSPS) is 18.6. The van der Waals surface area contributed by atoms with Crippen LogP contribution in [-0.4, -0.2) is 28.2 Å². The second-order valence-corrected chi connectivity index (χ2v) is 7.23. The Morgan fingerprint density at radius 1 is 1.23 bits per heavy atom. The molecule has 26 heavy (non-hydrogen) atoms. The summed E-state index contributed by atoms with van der Waals surface area (Å²) in [7, 11) is 1.69. The van der Waals surface area contributed by atoms with Crippen LogP contribution in [0.1, 0.15) is 58.3 Å². The van der Waals surface area contributed by atoms with Crippen LogP contribution in [0.25, 0.3) is 10.9 Å². The lowest BCUT2D eigenvalue weighted by Gasteiger charge is -2.23. The lowest BCUT2D eigenvalue weighted by molar-refractivity contribution is 0.0926. The molecule has 5 rings (SSSR count). The summed E-state index contributed by atoms with van der Waals surface area (Å²) in [6, 6.07) is 6.09. The fraction of sp³-hybridized carbons (Fsp3) is 0.400. The van der Waals surface area contributed by atoms with Gasteiger partial charge in [-0.25, -0.2) is 0 Å². The molecule has 3 N–H and O–H groups in total. The Bertz CT molecular complexity index is 1000. The van der Waals surface area contributed by atoms with Crippen LogP contribution in [-0.2, 0) is 19.3 Å². The molecule has 1 unspecified atom stereocenters. The van der Waals surface area contributed by atoms with Crippen molar-refractivity contribution in [3.8, 4) is 5.75 Å². The van der Waals surface area contributed by atoms with Gasteiger partial charge in [0.05, 0.1) is 13.2 Å². The van der Waals surface area contributed by atoms with Gasteiger partial charge in [0.1, 0.15) is 5.75 Å². The predicted molar refractivity (Wildman–Crippen MR) is 98.6 cm³/mol. The first-order valence-electron chi connectivity index (χ1n) is 9.30. The van der Waals surface area contributed by atoms with E-state index in [-0.39, 0.29) is 11.9 Å². The van der Waals surface area contributed by atoms with Gasteiger partial charge in [-0.05, 0) is 62.3 Å². The van der Waals surface area contributed by atoms with Crippen molar-refractivity contribution in [2.24, 2.45) is 0 Å². The third-order valence-electron chi connectivity index (χ3n) is 5.74. The first kappa shape index (κ1) is 15.5. The first-order valence-corrected chi connectivity index (χ1v) is 9.30. The lowest BCUT2D eigenvalue weighted by Crippen LogP contribution is -2.31. The number of nitrogens with one attached hydrogen (secondary N) is 3. The Hall–Kier alpha value is -2.76. The molecule has 0 aliphatic heterocycles. The Labute approximate surface area is 151 Å². The zero-order valence-electron chi connectivity index (χ0n) is 14.8. The monoisotopic (exact) mass is 350 g/mol. The summed E-state index contributed by atoms with van der Waals surface area (Å²) >= 11 is 0. The molecule has 0 saturated heterocycles. The summed E-state index contributed by atoms with van der Waals surface area (Å²) in [6.45, 7) is 0. The van der Waals surface area contributed by atoms with Crippen molar-refractivity contribution >= 4 is 16.8 Å². The molecule has 1 atom stereocenters. The van der Waals surface area contributed by atoms with Crippen molar-refractivity contribution in [2.45, 2.75) is 44.6 Å². The number of nitrogens with zero attached hydrogens (tertiary/aromatic N) is 1. The second-order valence-electron chi connectivity index (χ2n) is 7.23. The summed E-state index contributed by atoms with van der Waals surface area (Å²) in [5.41, 5.74) is 6.31. The largest absolute Gasteiger partial charge is 0.497 e. The highest BCUT2D eigenvalue weighted by Gasteiger charge is 2.29. The molecule has 2 aliphatic carbocycles. The number of ether oxygens (including phenoxy) is 1. The molecule has 134 valence electrons. The molecule has 0 fully saturated rings. The van der Waals surface area contributed by atoms with E-state index in [0.717, 1.165) is 66.7 Å². The van der Waals surface area contributed by atoms with Gasteiger partial charge in [-0.2, -0.15) is 5.10 Å². The second kappa shape index (κ2) is 5.90. The highest BCUT2D eigenvalue weighted by atomic mass is 16.5. The van der Waals surface area contributed by atoms with Gasteiger partial charge >= 0.3 is 0 Å². The number of aromatic nitrogens is 3. The summed E-state index contributed by atoms with van der Waals surface area (Å²) in [5.74, 6) is 0.788. The van der Waals surface area contributed by atoms with Gasteiger partial charge in [0.15, 0.2) is 5.69 Å². The molecular weight excluding hydrogens is 328 g/mol. The number of hydrogen-bond donors (Lipinski definition) is 3. The van der Waals surface area contributed by atoms with Gasteiger partial charge in [0.2, 0.25) is 0 Å². The lowest BCUT2D eigenvalue weighted by atomic mass is 9.91.